The van der Waals surface area contributed by atoms with Gasteiger partial charge in [0.2, 0.25) is 0 Å². The van der Waals surface area contributed by atoms with Gasteiger partial charge in [-0.3, -0.25) is 4.79 Å². The highest BCUT2D eigenvalue weighted by Gasteiger charge is 2.20. The molecule has 0 radical (unpaired) electrons. The van der Waals surface area contributed by atoms with Crippen molar-refractivity contribution in [3.63, 3.8) is 0 Å². The number of furan rings is 1. The van der Waals surface area contributed by atoms with Gasteiger partial charge in [0, 0.05) is 12.1 Å². The molecule has 0 saturated heterocycles. The summed E-state index contributed by atoms with van der Waals surface area (Å²) in [6, 6.07) is 6.09. The average Bonchev–Trinajstić information content (AvgIpc) is 3.13. The van der Waals surface area contributed by atoms with Crippen molar-refractivity contribution in [1.29, 1.82) is 0 Å². The Labute approximate surface area is 139 Å². The van der Waals surface area contributed by atoms with Crippen LogP contribution in [0, 0.1) is 0 Å². The number of benzene rings is 1. The Kier molecular flexibility index (Phi) is 5.83. The SMILES string of the molecule is CCCOC(=O)c1cc(OC)c(OC)cc1NC(=O)c1ccco1. The molecule has 2 rings (SSSR count). The molecule has 2 aromatic rings. The molecule has 0 spiro atoms. The maximum atomic E-state index is 12.3. The van der Waals surface area contributed by atoms with Crippen LogP contribution in [-0.2, 0) is 4.74 Å². The maximum absolute atomic E-state index is 12.3. The molecule has 1 aromatic heterocycles. The van der Waals surface area contributed by atoms with E-state index < -0.39 is 11.9 Å². The van der Waals surface area contributed by atoms with Gasteiger partial charge in [-0.2, -0.15) is 0 Å². The highest BCUT2D eigenvalue weighted by molar-refractivity contribution is 6.07. The number of anilines is 1. The largest absolute Gasteiger partial charge is 0.493 e. The third-order valence-electron chi connectivity index (χ3n) is 3.17. The molecule has 1 N–H and O–H groups in total. The summed E-state index contributed by atoms with van der Waals surface area (Å²) in [5.41, 5.74) is 0.413. The molecular weight excluding hydrogens is 314 g/mol. The van der Waals surface area contributed by atoms with Crippen LogP contribution < -0.4 is 14.8 Å². The Morgan fingerprint density at radius 2 is 1.88 bits per heavy atom. The van der Waals surface area contributed by atoms with Crippen LogP contribution >= 0.6 is 0 Å². The zero-order valence-corrected chi connectivity index (χ0v) is 13.8. The van der Waals surface area contributed by atoms with E-state index in [1.807, 2.05) is 6.92 Å². The van der Waals surface area contributed by atoms with E-state index in [0.29, 0.717) is 17.9 Å². The van der Waals surface area contributed by atoms with E-state index in [1.54, 1.807) is 6.07 Å². The van der Waals surface area contributed by atoms with Crippen LogP contribution in [0.4, 0.5) is 5.69 Å². The van der Waals surface area contributed by atoms with Crippen LogP contribution in [0.2, 0.25) is 0 Å². The van der Waals surface area contributed by atoms with Crippen LogP contribution in [0.1, 0.15) is 34.3 Å². The number of esters is 1. The Balaban J connectivity index is 2.38. The lowest BCUT2D eigenvalue weighted by Gasteiger charge is -2.14. The molecule has 24 heavy (non-hydrogen) atoms. The summed E-state index contributed by atoms with van der Waals surface area (Å²) in [5.74, 6) is -0.196. The number of rotatable bonds is 7. The standard InChI is InChI=1S/C17H19NO6/c1-4-7-24-17(20)11-9-14(21-2)15(22-3)10-12(11)18-16(19)13-6-5-8-23-13/h5-6,8-10H,4,7H2,1-3H3,(H,18,19). The van der Waals surface area contributed by atoms with Gasteiger partial charge in [0.15, 0.2) is 17.3 Å². The van der Waals surface area contributed by atoms with Crippen molar-refractivity contribution in [2.24, 2.45) is 0 Å². The fourth-order valence-corrected chi connectivity index (χ4v) is 2.02. The highest BCUT2D eigenvalue weighted by Crippen LogP contribution is 2.34. The van der Waals surface area contributed by atoms with Crippen molar-refractivity contribution >= 4 is 17.6 Å². The minimum atomic E-state index is -0.562. The average molecular weight is 333 g/mol. The second-order valence-corrected chi connectivity index (χ2v) is 4.82. The van der Waals surface area contributed by atoms with E-state index in [-0.39, 0.29) is 23.6 Å². The van der Waals surface area contributed by atoms with Gasteiger partial charge in [0.25, 0.3) is 5.91 Å². The summed E-state index contributed by atoms with van der Waals surface area (Å²) < 4.78 is 20.6. The minimum absolute atomic E-state index is 0.123. The lowest BCUT2D eigenvalue weighted by atomic mass is 10.1. The molecule has 0 fully saturated rings. The van der Waals surface area contributed by atoms with Crippen molar-refractivity contribution in [2.75, 3.05) is 26.1 Å². The van der Waals surface area contributed by atoms with Crippen LogP contribution in [0.15, 0.2) is 34.9 Å². The van der Waals surface area contributed by atoms with Gasteiger partial charge in [-0.05, 0) is 18.6 Å². The quantitative estimate of drug-likeness (QED) is 0.783. The van der Waals surface area contributed by atoms with Crippen LogP contribution in [0.25, 0.3) is 0 Å². The summed E-state index contributed by atoms with van der Waals surface area (Å²) in [5, 5.41) is 2.63. The monoisotopic (exact) mass is 333 g/mol. The first-order valence-corrected chi connectivity index (χ1v) is 7.38. The number of ether oxygens (including phenoxy) is 3. The van der Waals surface area contributed by atoms with Crippen molar-refractivity contribution in [3.8, 4) is 11.5 Å². The van der Waals surface area contributed by atoms with Crippen molar-refractivity contribution in [3.05, 3.63) is 41.9 Å². The van der Waals surface area contributed by atoms with Crippen LogP contribution in [0.5, 0.6) is 11.5 Å². The molecule has 0 bridgehead atoms. The van der Waals surface area contributed by atoms with E-state index in [2.05, 4.69) is 5.32 Å². The summed E-state index contributed by atoms with van der Waals surface area (Å²) in [6.07, 6.45) is 2.08. The predicted octanol–water partition coefficient (Wildman–Crippen LogP) is 3.12. The molecule has 7 nitrogen and oxygen atoms in total. The number of carbonyl (C=O) groups excluding carboxylic acids is 2. The Bertz CT molecular complexity index is 708. The molecule has 0 saturated carbocycles. The fourth-order valence-electron chi connectivity index (χ4n) is 2.02. The third kappa shape index (κ3) is 3.87. The summed E-state index contributed by atoms with van der Waals surface area (Å²) in [7, 11) is 2.92. The molecule has 7 heteroatoms. The molecule has 1 heterocycles. The van der Waals surface area contributed by atoms with Crippen molar-refractivity contribution in [1.82, 2.24) is 0 Å². The van der Waals surface area contributed by atoms with Crippen LogP contribution in [0.3, 0.4) is 0 Å². The summed E-state index contributed by atoms with van der Waals surface area (Å²) in [4.78, 5) is 24.5. The predicted molar refractivity (Wildman–Crippen MR) is 86.8 cm³/mol. The molecule has 0 aliphatic heterocycles. The Morgan fingerprint density at radius 1 is 1.17 bits per heavy atom. The Morgan fingerprint density at radius 3 is 2.46 bits per heavy atom. The molecule has 0 aliphatic carbocycles. The van der Waals surface area contributed by atoms with E-state index >= 15 is 0 Å². The van der Waals surface area contributed by atoms with Gasteiger partial charge < -0.3 is 23.9 Å². The first kappa shape index (κ1) is 17.4. The van der Waals surface area contributed by atoms with Gasteiger partial charge in [-0.15, -0.1) is 0 Å². The van der Waals surface area contributed by atoms with E-state index in [0.717, 1.165) is 0 Å². The molecule has 1 amide bonds. The maximum Gasteiger partial charge on any atom is 0.340 e. The van der Waals surface area contributed by atoms with Gasteiger partial charge in [0.05, 0.1) is 38.3 Å². The van der Waals surface area contributed by atoms with Gasteiger partial charge in [0.1, 0.15) is 0 Å². The highest BCUT2D eigenvalue weighted by atomic mass is 16.5. The van der Waals surface area contributed by atoms with Crippen LogP contribution in [-0.4, -0.2) is 32.7 Å². The summed E-state index contributed by atoms with van der Waals surface area (Å²) in [6.45, 7) is 2.17. The normalized spacial score (nSPS) is 10.1. The topological polar surface area (TPSA) is 87.0 Å². The second kappa shape index (κ2) is 8.05. The third-order valence-corrected chi connectivity index (χ3v) is 3.17. The molecule has 0 atom stereocenters. The smallest absolute Gasteiger partial charge is 0.340 e. The summed E-state index contributed by atoms with van der Waals surface area (Å²) >= 11 is 0. The van der Waals surface area contributed by atoms with Gasteiger partial charge in [-0.1, -0.05) is 6.92 Å². The molecule has 0 aliphatic rings. The van der Waals surface area contributed by atoms with Crippen molar-refractivity contribution < 1.29 is 28.2 Å². The number of hydrogen-bond acceptors (Lipinski definition) is 6. The zero-order valence-electron chi connectivity index (χ0n) is 13.8. The number of amides is 1. The molecule has 128 valence electrons. The number of carbonyl (C=O) groups is 2. The van der Waals surface area contributed by atoms with Gasteiger partial charge in [-0.25, -0.2) is 4.79 Å². The van der Waals surface area contributed by atoms with E-state index in [9.17, 15) is 9.59 Å². The first-order valence-electron chi connectivity index (χ1n) is 7.38. The lowest BCUT2D eigenvalue weighted by molar-refractivity contribution is 0.0506. The lowest BCUT2D eigenvalue weighted by Crippen LogP contribution is -2.16. The number of nitrogens with one attached hydrogen (secondary N) is 1. The molecular formula is C17H19NO6. The molecule has 1 aromatic carbocycles. The molecule has 0 unspecified atom stereocenters. The zero-order chi connectivity index (χ0) is 17.5. The van der Waals surface area contributed by atoms with E-state index in [4.69, 9.17) is 18.6 Å². The minimum Gasteiger partial charge on any atom is -0.493 e. The van der Waals surface area contributed by atoms with Crippen molar-refractivity contribution in [2.45, 2.75) is 13.3 Å². The number of hydrogen-bond donors (Lipinski definition) is 1. The van der Waals surface area contributed by atoms with E-state index in [1.165, 1.54) is 38.7 Å². The first-order chi connectivity index (χ1) is 11.6. The number of methoxy groups -OCH3 is 2. The van der Waals surface area contributed by atoms with Gasteiger partial charge >= 0.3 is 5.97 Å². The fraction of sp³-hybridized carbons (Fsp3) is 0.294. The second-order valence-electron chi connectivity index (χ2n) is 4.82. The Hall–Kier alpha value is -2.96.